The number of hydrogen-bond donors (Lipinski definition) is 0. The fourth-order valence-corrected chi connectivity index (χ4v) is 3.20. The predicted octanol–water partition coefficient (Wildman–Crippen LogP) is 5.63. The van der Waals surface area contributed by atoms with Gasteiger partial charge in [0.15, 0.2) is 5.82 Å². The second kappa shape index (κ2) is 5.84. The topological polar surface area (TPSA) is 25.8 Å². The molecule has 0 amide bonds. The lowest BCUT2D eigenvalue weighted by atomic mass is 10.1. The Kier molecular flexibility index (Phi) is 4.07. The summed E-state index contributed by atoms with van der Waals surface area (Å²) in [5.41, 5.74) is 2.70. The molecule has 0 saturated heterocycles. The monoisotopic (exact) mass is 334 g/mol. The number of benzene rings is 2. The Morgan fingerprint density at radius 3 is 2.52 bits per heavy atom. The van der Waals surface area contributed by atoms with Crippen LogP contribution in [0.2, 0.25) is 10.2 Å². The number of aryl methyl sites for hydroxylation is 1. The van der Waals surface area contributed by atoms with Crippen molar-refractivity contribution < 1.29 is 0 Å². The maximum absolute atomic E-state index is 6.33. The van der Waals surface area contributed by atoms with Gasteiger partial charge in [-0.15, -0.1) is 11.8 Å². The van der Waals surface area contributed by atoms with Crippen LogP contribution in [0.1, 0.15) is 5.56 Å². The molecule has 0 aliphatic carbocycles. The van der Waals surface area contributed by atoms with Gasteiger partial charge in [0.1, 0.15) is 5.15 Å². The fourth-order valence-electron chi connectivity index (χ4n) is 2.22. The van der Waals surface area contributed by atoms with E-state index in [4.69, 9.17) is 23.2 Å². The standard InChI is InChI=1S/C16H12Cl2N2S/c1-9-12(17)8-7-11-14(9)19-16(20-15(11)18)10-5-3-4-6-13(10)21-2/h3-8H,1-2H3. The molecule has 5 heteroatoms. The highest BCUT2D eigenvalue weighted by molar-refractivity contribution is 7.98. The number of thioether (sulfide) groups is 1. The van der Waals surface area contributed by atoms with Crippen LogP contribution in [0, 0.1) is 6.92 Å². The van der Waals surface area contributed by atoms with E-state index in [0.29, 0.717) is 16.0 Å². The van der Waals surface area contributed by atoms with E-state index in [9.17, 15) is 0 Å². The van der Waals surface area contributed by atoms with Crippen molar-refractivity contribution in [2.45, 2.75) is 11.8 Å². The first-order valence-corrected chi connectivity index (χ1v) is 8.35. The zero-order chi connectivity index (χ0) is 15.0. The van der Waals surface area contributed by atoms with Gasteiger partial charge in [-0.2, -0.15) is 0 Å². The number of aromatic nitrogens is 2. The van der Waals surface area contributed by atoms with Gasteiger partial charge in [0.25, 0.3) is 0 Å². The summed E-state index contributed by atoms with van der Waals surface area (Å²) in [5.74, 6) is 0.628. The maximum atomic E-state index is 6.33. The maximum Gasteiger partial charge on any atom is 0.162 e. The number of rotatable bonds is 2. The minimum atomic E-state index is 0.450. The van der Waals surface area contributed by atoms with Crippen molar-refractivity contribution in [1.29, 1.82) is 0 Å². The van der Waals surface area contributed by atoms with Crippen LogP contribution in [0.3, 0.4) is 0 Å². The number of fused-ring (bicyclic) bond motifs is 1. The molecule has 0 atom stereocenters. The van der Waals surface area contributed by atoms with E-state index >= 15 is 0 Å². The van der Waals surface area contributed by atoms with E-state index in [1.807, 2.05) is 49.6 Å². The molecule has 3 rings (SSSR count). The molecular weight excluding hydrogens is 323 g/mol. The van der Waals surface area contributed by atoms with Crippen molar-refractivity contribution in [3.63, 3.8) is 0 Å². The van der Waals surface area contributed by atoms with Gasteiger partial charge < -0.3 is 0 Å². The first-order valence-electron chi connectivity index (χ1n) is 6.37. The van der Waals surface area contributed by atoms with Crippen LogP contribution in [0.5, 0.6) is 0 Å². The lowest BCUT2D eigenvalue weighted by Gasteiger charge is -2.10. The van der Waals surface area contributed by atoms with Crippen LogP contribution < -0.4 is 0 Å². The van der Waals surface area contributed by atoms with Gasteiger partial charge in [0.05, 0.1) is 5.52 Å². The van der Waals surface area contributed by atoms with Crippen molar-refractivity contribution in [1.82, 2.24) is 9.97 Å². The van der Waals surface area contributed by atoms with Crippen molar-refractivity contribution in [3.8, 4) is 11.4 Å². The van der Waals surface area contributed by atoms with E-state index in [1.165, 1.54) is 0 Å². The Labute approximate surface area is 137 Å². The van der Waals surface area contributed by atoms with Crippen molar-refractivity contribution >= 4 is 45.9 Å². The van der Waals surface area contributed by atoms with Crippen molar-refractivity contribution in [2.24, 2.45) is 0 Å². The SMILES string of the molecule is CSc1ccccc1-c1nc(Cl)c2ccc(Cl)c(C)c2n1. The zero-order valence-corrected chi connectivity index (χ0v) is 13.9. The number of nitrogens with zero attached hydrogens (tertiary/aromatic N) is 2. The molecule has 0 aliphatic heterocycles. The lowest BCUT2D eigenvalue weighted by Crippen LogP contribution is -1.95. The Morgan fingerprint density at radius 2 is 1.76 bits per heavy atom. The highest BCUT2D eigenvalue weighted by Gasteiger charge is 2.13. The van der Waals surface area contributed by atoms with E-state index in [1.54, 1.807) is 11.8 Å². The Balaban J connectivity index is 2.32. The van der Waals surface area contributed by atoms with Crippen LogP contribution in [0.15, 0.2) is 41.3 Å². The zero-order valence-electron chi connectivity index (χ0n) is 11.5. The molecular formula is C16H12Cl2N2S. The van der Waals surface area contributed by atoms with Gasteiger partial charge >= 0.3 is 0 Å². The molecule has 0 unspecified atom stereocenters. The van der Waals surface area contributed by atoms with Gasteiger partial charge in [-0.25, -0.2) is 9.97 Å². The number of hydrogen-bond acceptors (Lipinski definition) is 3. The Morgan fingerprint density at radius 1 is 1.00 bits per heavy atom. The predicted molar refractivity (Wildman–Crippen MR) is 91.5 cm³/mol. The summed E-state index contributed by atoms with van der Waals surface area (Å²) in [7, 11) is 0. The molecule has 0 fully saturated rings. The highest BCUT2D eigenvalue weighted by atomic mass is 35.5. The molecule has 1 aromatic heterocycles. The molecule has 0 aliphatic rings. The van der Waals surface area contributed by atoms with E-state index < -0.39 is 0 Å². The summed E-state index contributed by atoms with van der Waals surface area (Å²) in [6.07, 6.45) is 2.03. The van der Waals surface area contributed by atoms with Crippen LogP contribution in [-0.2, 0) is 0 Å². The third-order valence-electron chi connectivity index (χ3n) is 3.36. The minimum absolute atomic E-state index is 0.450. The third kappa shape index (κ3) is 2.61. The van der Waals surface area contributed by atoms with Crippen LogP contribution in [0.25, 0.3) is 22.3 Å². The van der Waals surface area contributed by atoms with Crippen LogP contribution >= 0.6 is 35.0 Å². The van der Waals surface area contributed by atoms with E-state index in [0.717, 1.165) is 26.9 Å². The molecule has 0 bridgehead atoms. The molecule has 0 saturated carbocycles. The largest absolute Gasteiger partial charge is 0.228 e. The molecule has 0 spiro atoms. The van der Waals surface area contributed by atoms with Crippen molar-refractivity contribution in [2.75, 3.05) is 6.26 Å². The molecule has 0 radical (unpaired) electrons. The molecule has 0 N–H and O–H groups in total. The van der Waals surface area contributed by atoms with Gasteiger partial charge in [-0.1, -0.05) is 41.4 Å². The molecule has 3 aromatic rings. The summed E-state index contributed by atoms with van der Waals surface area (Å²) in [6, 6.07) is 11.7. The Bertz CT molecular complexity index is 834. The molecule has 106 valence electrons. The first-order chi connectivity index (χ1) is 10.1. The second-order valence-corrected chi connectivity index (χ2v) is 6.22. The van der Waals surface area contributed by atoms with E-state index in [-0.39, 0.29) is 0 Å². The summed E-state index contributed by atoms with van der Waals surface area (Å²) < 4.78 is 0. The second-order valence-electron chi connectivity index (χ2n) is 4.61. The normalized spacial score (nSPS) is 11.0. The van der Waals surface area contributed by atoms with Gasteiger partial charge in [0.2, 0.25) is 0 Å². The van der Waals surface area contributed by atoms with Crippen LogP contribution in [0.4, 0.5) is 0 Å². The molecule has 21 heavy (non-hydrogen) atoms. The average Bonchev–Trinajstić information content (AvgIpc) is 2.51. The third-order valence-corrected chi connectivity index (χ3v) is 4.85. The van der Waals surface area contributed by atoms with Crippen molar-refractivity contribution in [3.05, 3.63) is 52.1 Å². The first kappa shape index (κ1) is 14.6. The highest BCUT2D eigenvalue weighted by Crippen LogP contribution is 2.33. The summed E-state index contributed by atoms with van der Waals surface area (Å²) in [5, 5.41) is 1.95. The Hall–Kier alpha value is -1.29. The van der Waals surface area contributed by atoms with Gasteiger partial charge in [-0.05, 0) is 36.9 Å². The van der Waals surface area contributed by atoms with E-state index in [2.05, 4.69) is 9.97 Å². The summed E-state index contributed by atoms with van der Waals surface area (Å²) in [6.45, 7) is 1.94. The number of halogens is 2. The summed E-state index contributed by atoms with van der Waals surface area (Å²) >= 11 is 14.2. The smallest absolute Gasteiger partial charge is 0.162 e. The van der Waals surface area contributed by atoms with Crippen LogP contribution in [-0.4, -0.2) is 16.2 Å². The quantitative estimate of drug-likeness (QED) is 0.448. The molecule has 2 nitrogen and oxygen atoms in total. The molecule has 1 heterocycles. The van der Waals surface area contributed by atoms with Gasteiger partial charge in [0, 0.05) is 20.9 Å². The van der Waals surface area contributed by atoms with Gasteiger partial charge in [-0.3, -0.25) is 0 Å². The lowest BCUT2D eigenvalue weighted by molar-refractivity contribution is 1.20. The minimum Gasteiger partial charge on any atom is -0.228 e. The average molecular weight is 335 g/mol. The molecule has 2 aromatic carbocycles. The fraction of sp³-hybridized carbons (Fsp3) is 0.125. The summed E-state index contributed by atoms with van der Waals surface area (Å²) in [4.78, 5) is 10.2.